The second kappa shape index (κ2) is 8.65. The van der Waals surface area contributed by atoms with Crippen molar-refractivity contribution < 1.29 is 9.53 Å². The number of benzene rings is 2. The molecule has 0 atom stereocenters. The van der Waals surface area contributed by atoms with Gasteiger partial charge in [-0.15, -0.1) is 11.3 Å². The monoisotopic (exact) mass is 384 g/mol. The van der Waals surface area contributed by atoms with E-state index in [1.54, 1.807) is 18.2 Å². The van der Waals surface area contributed by atoms with E-state index in [1.165, 1.54) is 17.4 Å². The molecule has 132 valence electrons. The number of hydrogen-bond acceptors (Lipinski definition) is 4. The van der Waals surface area contributed by atoms with E-state index in [9.17, 15) is 4.79 Å². The first-order valence-corrected chi connectivity index (χ1v) is 9.34. The van der Waals surface area contributed by atoms with Crippen LogP contribution >= 0.6 is 22.9 Å². The third kappa shape index (κ3) is 4.71. The number of nitrogens with one attached hydrogen (secondary N) is 1. The molecular formula is C20H17ClN2O2S. The fourth-order valence-corrected chi connectivity index (χ4v) is 3.15. The van der Waals surface area contributed by atoms with Crippen LogP contribution in [0.5, 0.6) is 5.75 Å². The quantitative estimate of drug-likeness (QED) is 0.570. The summed E-state index contributed by atoms with van der Waals surface area (Å²) in [6, 6.07) is 15.0. The lowest BCUT2D eigenvalue weighted by Gasteiger charge is -2.07. The molecule has 0 fully saturated rings. The number of nitrogens with zero attached hydrogens (tertiary/aromatic N) is 1. The number of halogens is 1. The predicted octanol–water partition coefficient (Wildman–Crippen LogP) is 5.51. The predicted molar refractivity (Wildman–Crippen MR) is 108 cm³/mol. The number of ether oxygens (including phenoxy) is 1. The van der Waals surface area contributed by atoms with Crippen molar-refractivity contribution in [3.63, 3.8) is 0 Å². The average molecular weight is 385 g/mol. The summed E-state index contributed by atoms with van der Waals surface area (Å²) in [5.41, 5.74) is 2.58. The maximum atomic E-state index is 12.1. The summed E-state index contributed by atoms with van der Waals surface area (Å²) in [5, 5.41) is 5.88. The van der Waals surface area contributed by atoms with Gasteiger partial charge in [-0.2, -0.15) is 0 Å². The Morgan fingerprint density at radius 1 is 1.23 bits per heavy atom. The van der Waals surface area contributed by atoms with Gasteiger partial charge in [0.05, 0.1) is 12.3 Å². The van der Waals surface area contributed by atoms with E-state index >= 15 is 0 Å². The second-order valence-corrected chi connectivity index (χ2v) is 6.64. The van der Waals surface area contributed by atoms with Crippen molar-refractivity contribution in [1.29, 1.82) is 0 Å². The van der Waals surface area contributed by atoms with Crippen LogP contribution in [0, 0.1) is 0 Å². The Kier molecular flexibility index (Phi) is 6.04. The van der Waals surface area contributed by atoms with E-state index in [0.717, 1.165) is 22.6 Å². The summed E-state index contributed by atoms with van der Waals surface area (Å²) in [4.78, 5) is 16.6. The number of rotatable bonds is 6. The number of hydrogen-bond donors (Lipinski definition) is 1. The van der Waals surface area contributed by atoms with Gasteiger partial charge in [0.25, 0.3) is 0 Å². The van der Waals surface area contributed by atoms with Crippen molar-refractivity contribution in [1.82, 2.24) is 4.98 Å². The van der Waals surface area contributed by atoms with Crippen LogP contribution in [-0.4, -0.2) is 17.5 Å². The first kappa shape index (κ1) is 18.2. The number of carbonyl (C=O) groups excluding carboxylic acids is 1. The van der Waals surface area contributed by atoms with Crippen molar-refractivity contribution in [2.24, 2.45) is 0 Å². The highest BCUT2D eigenvalue weighted by Crippen LogP contribution is 2.32. The maximum absolute atomic E-state index is 12.1. The molecule has 3 rings (SSSR count). The summed E-state index contributed by atoms with van der Waals surface area (Å²) in [6.07, 6.45) is 3.20. The zero-order valence-corrected chi connectivity index (χ0v) is 15.7. The molecule has 1 aromatic heterocycles. The molecule has 1 N–H and O–H groups in total. The molecule has 0 aliphatic rings. The van der Waals surface area contributed by atoms with E-state index in [-0.39, 0.29) is 5.91 Å². The lowest BCUT2D eigenvalue weighted by Crippen LogP contribution is -2.07. The Hall–Kier alpha value is -2.63. The molecule has 1 amide bonds. The number of carbonyl (C=O) groups is 1. The van der Waals surface area contributed by atoms with Crippen LogP contribution in [0.2, 0.25) is 5.02 Å². The molecule has 4 nitrogen and oxygen atoms in total. The molecule has 0 unspecified atom stereocenters. The van der Waals surface area contributed by atoms with Crippen LogP contribution in [0.3, 0.4) is 0 Å². The summed E-state index contributed by atoms with van der Waals surface area (Å²) in [6.45, 7) is 2.52. The van der Waals surface area contributed by atoms with Gasteiger partial charge in [0.2, 0.25) is 5.91 Å². The summed E-state index contributed by atoms with van der Waals surface area (Å²) in [7, 11) is 0. The molecule has 3 aromatic rings. The molecule has 0 radical (unpaired) electrons. The number of aromatic nitrogens is 1. The smallest absolute Gasteiger partial charge is 0.250 e. The van der Waals surface area contributed by atoms with Gasteiger partial charge in [-0.25, -0.2) is 4.98 Å². The van der Waals surface area contributed by atoms with Crippen molar-refractivity contribution >= 4 is 40.1 Å². The standard InChI is InChI=1S/C20H17ClN2O2S/c1-2-25-18-6-4-3-5-16(18)17-13-26-20(22-17)23-19(24)12-9-14-7-10-15(21)11-8-14/h3-13H,2H2,1H3,(H,22,23,24)/b12-9+. The van der Waals surface area contributed by atoms with Crippen LogP contribution < -0.4 is 10.1 Å². The molecule has 0 spiro atoms. The Labute approximate surface area is 161 Å². The highest BCUT2D eigenvalue weighted by molar-refractivity contribution is 7.14. The lowest BCUT2D eigenvalue weighted by atomic mass is 10.1. The molecule has 1 heterocycles. The molecule has 0 bridgehead atoms. The SMILES string of the molecule is CCOc1ccccc1-c1csc(NC(=O)/C=C/c2ccc(Cl)cc2)n1. The topological polar surface area (TPSA) is 51.2 Å². The minimum atomic E-state index is -0.237. The lowest BCUT2D eigenvalue weighted by molar-refractivity contribution is -0.111. The van der Waals surface area contributed by atoms with Crippen molar-refractivity contribution in [2.75, 3.05) is 11.9 Å². The van der Waals surface area contributed by atoms with Gasteiger partial charge in [-0.1, -0.05) is 35.9 Å². The molecule has 0 saturated carbocycles. The molecule has 26 heavy (non-hydrogen) atoms. The fraction of sp³-hybridized carbons (Fsp3) is 0.100. The first-order valence-electron chi connectivity index (χ1n) is 8.08. The van der Waals surface area contributed by atoms with E-state index in [2.05, 4.69) is 10.3 Å². The van der Waals surface area contributed by atoms with Crippen LogP contribution in [0.15, 0.2) is 60.0 Å². The summed E-state index contributed by atoms with van der Waals surface area (Å²) in [5.74, 6) is 0.541. The third-order valence-corrected chi connectivity index (χ3v) is 4.50. The van der Waals surface area contributed by atoms with Crippen molar-refractivity contribution in [3.8, 4) is 17.0 Å². The Morgan fingerprint density at radius 3 is 2.77 bits per heavy atom. The van der Waals surface area contributed by atoms with E-state index in [4.69, 9.17) is 16.3 Å². The summed E-state index contributed by atoms with van der Waals surface area (Å²) < 4.78 is 5.63. The van der Waals surface area contributed by atoms with Gasteiger partial charge in [0, 0.05) is 22.0 Å². The van der Waals surface area contributed by atoms with Gasteiger partial charge in [0.1, 0.15) is 5.75 Å². The highest BCUT2D eigenvalue weighted by atomic mass is 35.5. The van der Waals surface area contributed by atoms with Gasteiger partial charge >= 0.3 is 0 Å². The number of para-hydroxylation sites is 1. The molecule has 0 aliphatic heterocycles. The van der Waals surface area contributed by atoms with Crippen LogP contribution in [0.1, 0.15) is 12.5 Å². The Balaban J connectivity index is 1.68. The average Bonchev–Trinajstić information content (AvgIpc) is 3.10. The highest BCUT2D eigenvalue weighted by Gasteiger charge is 2.10. The normalized spacial score (nSPS) is 10.8. The third-order valence-electron chi connectivity index (χ3n) is 3.49. The minimum absolute atomic E-state index is 0.237. The van der Waals surface area contributed by atoms with Crippen molar-refractivity contribution in [2.45, 2.75) is 6.92 Å². The first-order chi connectivity index (χ1) is 12.7. The second-order valence-electron chi connectivity index (χ2n) is 5.34. The number of thiazole rings is 1. The van der Waals surface area contributed by atoms with Crippen LogP contribution in [0.25, 0.3) is 17.3 Å². The Bertz CT molecular complexity index is 920. The van der Waals surface area contributed by atoms with E-state index in [1.807, 2.05) is 48.7 Å². The zero-order valence-electron chi connectivity index (χ0n) is 14.1. The van der Waals surface area contributed by atoms with Crippen molar-refractivity contribution in [3.05, 3.63) is 70.6 Å². The van der Waals surface area contributed by atoms with E-state index < -0.39 is 0 Å². The molecular weight excluding hydrogens is 368 g/mol. The minimum Gasteiger partial charge on any atom is -0.493 e. The Morgan fingerprint density at radius 2 is 2.00 bits per heavy atom. The molecule has 0 aliphatic carbocycles. The number of anilines is 1. The maximum Gasteiger partial charge on any atom is 0.250 e. The largest absolute Gasteiger partial charge is 0.493 e. The molecule has 0 saturated heterocycles. The van der Waals surface area contributed by atoms with Gasteiger partial charge < -0.3 is 4.74 Å². The fourth-order valence-electron chi connectivity index (χ4n) is 2.31. The number of amides is 1. The molecule has 6 heteroatoms. The summed E-state index contributed by atoms with van der Waals surface area (Å²) >= 11 is 7.22. The van der Waals surface area contributed by atoms with Crippen LogP contribution in [-0.2, 0) is 4.79 Å². The van der Waals surface area contributed by atoms with Gasteiger partial charge in [-0.05, 0) is 42.8 Å². The van der Waals surface area contributed by atoms with Gasteiger partial charge in [-0.3, -0.25) is 10.1 Å². The molecule has 2 aromatic carbocycles. The van der Waals surface area contributed by atoms with Gasteiger partial charge in [0.15, 0.2) is 5.13 Å². The zero-order chi connectivity index (χ0) is 18.4. The van der Waals surface area contributed by atoms with E-state index in [0.29, 0.717) is 16.8 Å². The van der Waals surface area contributed by atoms with Crippen LogP contribution in [0.4, 0.5) is 5.13 Å².